The first kappa shape index (κ1) is 22.2. The van der Waals surface area contributed by atoms with Gasteiger partial charge >= 0.3 is 6.03 Å². The normalized spacial score (nSPS) is 17.9. The number of imidazole rings is 1. The van der Waals surface area contributed by atoms with Gasteiger partial charge in [0, 0.05) is 18.9 Å². The predicted molar refractivity (Wildman–Crippen MR) is 119 cm³/mol. The Morgan fingerprint density at radius 1 is 1.15 bits per heavy atom. The molecule has 2 N–H and O–H groups in total. The monoisotopic (exact) mass is 449 g/mol. The highest BCUT2D eigenvalue weighted by molar-refractivity contribution is 6.09. The third-order valence-electron chi connectivity index (χ3n) is 5.79. The van der Waals surface area contributed by atoms with Crippen molar-refractivity contribution in [3.05, 3.63) is 83.2 Å². The van der Waals surface area contributed by atoms with E-state index in [1.165, 1.54) is 6.07 Å². The van der Waals surface area contributed by atoms with Gasteiger partial charge in [-0.15, -0.1) is 0 Å². The molecular weight excluding hydrogens is 425 g/mol. The van der Waals surface area contributed by atoms with E-state index in [0.717, 1.165) is 10.5 Å². The molecule has 0 spiro atoms. The molecule has 0 radical (unpaired) electrons. The molecule has 2 heterocycles. The minimum Gasteiger partial charge on any atom is -0.350 e. The number of benzene rings is 2. The van der Waals surface area contributed by atoms with Crippen LogP contribution < -0.4 is 10.6 Å². The van der Waals surface area contributed by atoms with Gasteiger partial charge in [0.1, 0.15) is 23.7 Å². The lowest BCUT2D eigenvalue weighted by Crippen LogP contribution is -2.43. The topological polar surface area (TPSA) is 96.3 Å². The van der Waals surface area contributed by atoms with E-state index in [0.29, 0.717) is 22.6 Å². The van der Waals surface area contributed by atoms with Gasteiger partial charge in [0.2, 0.25) is 5.91 Å². The predicted octanol–water partition coefficient (Wildman–Crippen LogP) is 2.71. The molecule has 2 aromatic carbocycles. The fourth-order valence-electron chi connectivity index (χ4n) is 3.81. The minimum atomic E-state index is -1.24. The van der Waals surface area contributed by atoms with Crippen LogP contribution in [-0.2, 0) is 21.7 Å². The number of nitrogens with zero attached hydrogens (tertiary/aromatic N) is 3. The first-order chi connectivity index (χ1) is 15.7. The van der Waals surface area contributed by atoms with Crippen LogP contribution in [0.2, 0.25) is 0 Å². The van der Waals surface area contributed by atoms with Gasteiger partial charge in [0.15, 0.2) is 0 Å². The largest absolute Gasteiger partial charge is 0.350 e. The first-order valence-electron chi connectivity index (χ1n) is 10.5. The van der Waals surface area contributed by atoms with Crippen LogP contribution in [0.15, 0.2) is 54.9 Å². The summed E-state index contributed by atoms with van der Waals surface area (Å²) in [5.74, 6) is -0.828. The third-order valence-corrected chi connectivity index (χ3v) is 5.79. The molecule has 1 aromatic heterocycles. The highest BCUT2D eigenvalue weighted by atomic mass is 19.1. The lowest BCUT2D eigenvalue weighted by Gasteiger charge is -2.22. The van der Waals surface area contributed by atoms with Crippen LogP contribution >= 0.6 is 0 Å². The molecule has 1 aliphatic rings. The standard InChI is InChI=1S/C24H24FN5O3/c1-15-4-7-18(8-5-15)24(3)22(32)30(23(33)28-24)14-21(31)27-13-17-6-9-20(19(25)12-17)29-11-10-26-16(29)2/h4-12H,13-14H2,1-3H3,(H,27,31)(H,28,33). The van der Waals surface area contributed by atoms with E-state index in [2.05, 4.69) is 15.6 Å². The molecule has 0 aliphatic carbocycles. The van der Waals surface area contributed by atoms with Crippen LogP contribution in [0.1, 0.15) is 29.4 Å². The second kappa shape index (κ2) is 8.50. The highest BCUT2D eigenvalue weighted by Crippen LogP contribution is 2.28. The van der Waals surface area contributed by atoms with Gasteiger partial charge in [-0.05, 0) is 44.0 Å². The minimum absolute atomic E-state index is 0.0534. The third kappa shape index (κ3) is 4.21. The summed E-state index contributed by atoms with van der Waals surface area (Å²) < 4.78 is 16.2. The van der Waals surface area contributed by atoms with Crippen LogP contribution in [0.5, 0.6) is 0 Å². The zero-order valence-electron chi connectivity index (χ0n) is 18.6. The quantitative estimate of drug-likeness (QED) is 0.566. The molecule has 0 saturated carbocycles. The molecule has 8 nitrogen and oxygen atoms in total. The zero-order valence-corrected chi connectivity index (χ0v) is 18.6. The van der Waals surface area contributed by atoms with Crippen LogP contribution in [0.25, 0.3) is 5.69 Å². The van der Waals surface area contributed by atoms with Crippen LogP contribution in [-0.4, -0.2) is 38.8 Å². The summed E-state index contributed by atoms with van der Waals surface area (Å²) in [5.41, 5.74) is 1.33. The maximum Gasteiger partial charge on any atom is 0.325 e. The van der Waals surface area contributed by atoms with Gasteiger partial charge < -0.3 is 15.2 Å². The second-order valence-electron chi connectivity index (χ2n) is 8.22. The summed E-state index contributed by atoms with van der Waals surface area (Å²) in [6.07, 6.45) is 3.25. The molecule has 1 fully saturated rings. The number of hydrogen-bond donors (Lipinski definition) is 2. The fourth-order valence-corrected chi connectivity index (χ4v) is 3.81. The summed E-state index contributed by atoms with van der Waals surface area (Å²) in [6.45, 7) is 4.93. The van der Waals surface area contributed by atoms with Crippen molar-refractivity contribution >= 4 is 17.8 Å². The molecule has 1 saturated heterocycles. The zero-order chi connectivity index (χ0) is 23.8. The van der Waals surface area contributed by atoms with Gasteiger partial charge in [-0.3, -0.25) is 14.5 Å². The summed E-state index contributed by atoms with van der Waals surface area (Å²) in [5, 5.41) is 5.31. The van der Waals surface area contributed by atoms with E-state index < -0.39 is 35.7 Å². The molecule has 1 unspecified atom stereocenters. The number of carbonyl (C=O) groups is 3. The molecule has 170 valence electrons. The molecule has 4 amide bonds. The van der Waals surface area contributed by atoms with Gasteiger partial charge in [-0.1, -0.05) is 35.9 Å². The Hall–Kier alpha value is -4.01. The highest BCUT2D eigenvalue weighted by Gasteiger charge is 2.49. The van der Waals surface area contributed by atoms with Crippen molar-refractivity contribution < 1.29 is 18.8 Å². The average Bonchev–Trinajstić information content (AvgIpc) is 3.29. The number of imide groups is 1. The Morgan fingerprint density at radius 2 is 1.88 bits per heavy atom. The number of carbonyl (C=O) groups excluding carboxylic acids is 3. The molecule has 0 bridgehead atoms. The van der Waals surface area contributed by atoms with Gasteiger partial charge in [-0.2, -0.15) is 0 Å². The van der Waals surface area contributed by atoms with E-state index in [-0.39, 0.29) is 6.54 Å². The number of aromatic nitrogens is 2. The lowest BCUT2D eigenvalue weighted by atomic mass is 9.91. The number of rotatable bonds is 6. The van der Waals surface area contributed by atoms with Crippen molar-refractivity contribution in [3.63, 3.8) is 0 Å². The maximum absolute atomic E-state index is 14.6. The molecule has 9 heteroatoms. The Balaban J connectivity index is 1.39. The number of amides is 4. The molecule has 3 aromatic rings. The summed E-state index contributed by atoms with van der Waals surface area (Å²) in [4.78, 5) is 42.8. The van der Waals surface area contributed by atoms with E-state index >= 15 is 0 Å². The first-order valence-corrected chi connectivity index (χ1v) is 10.5. The lowest BCUT2D eigenvalue weighted by molar-refractivity contribution is -0.134. The number of nitrogens with one attached hydrogen (secondary N) is 2. The van der Waals surface area contributed by atoms with Crippen LogP contribution in [0.4, 0.5) is 9.18 Å². The fraction of sp³-hybridized carbons (Fsp3) is 0.250. The van der Waals surface area contributed by atoms with Crippen molar-refractivity contribution in [1.82, 2.24) is 25.1 Å². The van der Waals surface area contributed by atoms with Crippen molar-refractivity contribution in [2.24, 2.45) is 0 Å². The van der Waals surface area contributed by atoms with Crippen LogP contribution in [0.3, 0.4) is 0 Å². The Kier molecular flexibility index (Phi) is 5.71. The maximum atomic E-state index is 14.6. The number of aryl methyl sites for hydroxylation is 2. The average molecular weight is 449 g/mol. The SMILES string of the molecule is Cc1ccc(C2(C)NC(=O)N(CC(=O)NCc3ccc(-n4ccnc4C)c(F)c3)C2=O)cc1. The Bertz CT molecular complexity index is 1240. The van der Waals surface area contributed by atoms with E-state index in [1.807, 2.05) is 19.1 Å². The van der Waals surface area contributed by atoms with Crippen molar-refractivity contribution in [2.45, 2.75) is 32.9 Å². The van der Waals surface area contributed by atoms with Crippen molar-refractivity contribution in [1.29, 1.82) is 0 Å². The van der Waals surface area contributed by atoms with Crippen molar-refractivity contribution in [2.75, 3.05) is 6.54 Å². The molecule has 1 atom stereocenters. The number of urea groups is 1. The van der Waals surface area contributed by atoms with E-state index in [1.54, 1.807) is 55.1 Å². The van der Waals surface area contributed by atoms with Gasteiger partial charge in [0.25, 0.3) is 5.91 Å². The van der Waals surface area contributed by atoms with E-state index in [4.69, 9.17) is 0 Å². The van der Waals surface area contributed by atoms with Crippen molar-refractivity contribution in [3.8, 4) is 5.69 Å². The Morgan fingerprint density at radius 3 is 2.52 bits per heavy atom. The molecule has 4 rings (SSSR count). The summed E-state index contributed by atoms with van der Waals surface area (Å²) in [7, 11) is 0. The van der Waals surface area contributed by atoms with Gasteiger partial charge in [-0.25, -0.2) is 14.2 Å². The smallest absolute Gasteiger partial charge is 0.325 e. The second-order valence-corrected chi connectivity index (χ2v) is 8.22. The van der Waals surface area contributed by atoms with E-state index in [9.17, 15) is 18.8 Å². The van der Waals surface area contributed by atoms with Crippen LogP contribution in [0, 0.1) is 19.7 Å². The molecular formula is C24H24FN5O3. The van der Waals surface area contributed by atoms with Gasteiger partial charge in [0.05, 0.1) is 5.69 Å². The molecule has 33 heavy (non-hydrogen) atoms. The number of halogens is 1. The summed E-state index contributed by atoms with van der Waals surface area (Å²) in [6, 6.07) is 11.3. The summed E-state index contributed by atoms with van der Waals surface area (Å²) >= 11 is 0. The number of hydrogen-bond acceptors (Lipinski definition) is 4. The molecule has 1 aliphatic heterocycles. The Labute approximate surface area is 190 Å².